The van der Waals surface area contributed by atoms with Gasteiger partial charge in [-0.2, -0.15) is 0 Å². The lowest BCUT2D eigenvalue weighted by Gasteiger charge is -2.11. The molecular formula is C15H17NO. The van der Waals surface area contributed by atoms with Crippen LogP contribution in [0.1, 0.15) is 16.7 Å². The Kier molecular flexibility index (Phi) is 3.33. The van der Waals surface area contributed by atoms with Gasteiger partial charge in [-0.25, -0.2) is 0 Å². The van der Waals surface area contributed by atoms with Crippen molar-refractivity contribution in [2.45, 2.75) is 20.4 Å². The van der Waals surface area contributed by atoms with E-state index in [0.29, 0.717) is 5.75 Å². The first-order chi connectivity index (χ1) is 8.16. The third kappa shape index (κ3) is 2.78. The van der Waals surface area contributed by atoms with Crippen LogP contribution < -0.4 is 5.32 Å². The van der Waals surface area contributed by atoms with E-state index in [2.05, 4.69) is 37.4 Å². The molecule has 0 aliphatic carbocycles. The van der Waals surface area contributed by atoms with Gasteiger partial charge in [-0.15, -0.1) is 0 Å². The second kappa shape index (κ2) is 4.91. The molecule has 0 heterocycles. The predicted octanol–water partition coefficient (Wildman–Crippen LogP) is 3.62. The Morgan fingerprint density at radius 3 is 2.12 bits per heavy atom. The lowest BCUT2D eigenvalue weighted by atomic mass is 10.0. The van der Waals surface area contributed by atoms with Crippen molar-refractivity contribution in [3.63, 3.8) is 0 Å². The highest BCUT2D eigenvalue weighted by Crippen LogP contribution is 2.17. The minimum absolute atomic E-state index is 0.294. The molecule has 0 saturated heterocycles. The van der Waals surface area contributed by atoms with Crippen molar-refractivity contribution in [3.8, 4) is 5.75 Å². The highest BCUT2D eigenvalue weighted by molar-refractivity contribution is 5.47. The van der Waals surface area contributed by atoms with Gasteiger partial charge in [0.15, 0.2) is 0 Å². The molecule has 2 rings (SSSR count). The molecule has 0 bridgehead atoms. The third-order valence-electron chi connectivity index (χ3n) is 2.98. The van der Waals surface area contributed by atoms with Crippen LogP contribution in [0, 0.1) is 13.8 Å². The molecule has 2 N–H and O–H groups in total. The lowest BCUT2D eigenvalue weighted by molar-refractivity contribution is 0.475. The first kappa shape index (κ1) is 11.5. The number of benzene rings is 2. The molecule has 0 spiro atoms. The van der Waals surface area contributed by atoms with Crippen molar-refractivity contribution in [2.75, 3.05) is 5.32 Å². The molecular weight excluding hydrogens is 210 g/mol. The highest BCUT2D eigenvalue weighted by atomic mass is 16.3. The van der Waals surface area contributed by atoms with Crippen LogP contribution in [0.5, 0.6) is 5.75 Å². The minimum Gasteiger partial charge on any atom is -0.508 e. The maximum atomic E-state index is 9.20. The molecule has 0 amide bonds. The summed E-state index contributed by atoms with van der Waals surface area (Å²) >= 11 is 0. The number of phenols is 1. The summed E-state index contributed by atoms with van der Waals surface area (Å²) in [6.45, 7) is 5.06. The van der Waals surface area contributed by atoms with Crippen LogP contribution in [-0.4, -0.2) is 5.11 Å². The quantitative estimate of drug-likeness (QED) is 0.785. The molecule has 2 aromatic carbocycles. The third-order valence-corrected chi connectivity index (χ3v) is 2.98. The van der Waals surface area contributed by atoms with Gasteiger partial charge in [-0.05, 0) is 54.8 Å². The second-order valence-corrected chi connectivity index (χ2v) is 4.27. The van der Waals surface area contributed by atoms with Crippen LogP contribution in [0.2, 0.25) is 0 Å². The van der Waals surface area contributed by atoms with Crippen LogP contribution in [0.15, 0.2) is 42.5 Å². The van der Waals surface area contributed by atoms with Crippen LogP contribution in [0.25, 0.3) is 0 Å². The van der Waals surface area contributed by atoms with Crippen molar-refractivity contribution in [2.24, 2.45) is 0 Å². The fourth-order valence-corrected chi connectivity index (χ4v) is 1.90. The summed E-state index contributed by atoms with van der Waals surface area (Å²) in [5, 5.41) is 12.6. The average Bonchev–Trinajstić information content (AvgIpc) is 2.31. The highest BCUT2D eigenvalue weighted by Gasteiger charge is 2.01. The van der Waals surface area contributed by atoms with E-state index in [1.165, 1.54) is 16.7 Å². The molecule has 2 aromatic rings. The van der Waals surface area contributed by atoms with Crippen LogP contribution >= 0.6 is 0 Å². The SMILES string of the molecule is Cc1cccc(C)c1CNc1ccc(O)cc1. The largest absolute Gasteiger partial charge is 0.508 e. The molecule has 0 radical (unpaired) electrons. The Labute approximate surface area is 102 Å². The maximum absolute atomic E-state index is 9.20. The smallest absolute Gasteiger partial charge is 0.115 e. The zero-order valence-electron chi connectivity index (χ0n) is 10.2. The summed E-state index contributed by atoms with van der Waals surface area (Å²) in [6.07, 6.45) is 0. The fraction of sp³-hybridized carbons (Fsp3) is 0.200. The molecule has 0 aromatic heterocycles. The van der Waals surface area contributed by atoms with Crippen LogP contribution in [-0.2, 0) is 6.54 Å². The monoisotopic (exact) mass is 227 g/mol. The van der Waals surface area contributed by atoms with E-state index in [1.54, 1.807) is 12.1 Å². The van der Waals surface area contributed by atoms with E-state index in [4.69, 9.17) is 0 Å². The van der Waals surface area contributed by atoms with Gasteiger partial charge < -0.3 is 10.4 Å². The first-order valence-corrected chi connectivity index (χ1v) is 5.75. The summed E-state index contributed by atoms with van der Waals surface area (Å²) < 4.78 is 0. The Bertz CT molecular complexity index is 483. The van der Waals surface area contributed by atoms with E-state index in [1.807, 2.05) is 12.1 Å². The van der Waals surface area contributed by atoms with E-state index in [-0.39, 0.29) is 0 Å². The molecule has 0 aliphatic heterocycles. The molecule has 88 valence electrons. The number of nitrogens with one attached hydrogen (secondary N) is 1. The van der Waals surface area contributed by atoms with E-state index in [9.17, 15) is 5.11 Å². The zero-order chi connectivity index (χ0) is 12.3. The molecule has 0 atom stereocenters. The van der Waals surface area contributed by atoms with E-state index < -0.39 is 0 Å². The van der Waals surface area contributed by atoms with Gasteiger partial charge in [-0.3, -0.25) is 0 Å². The Morgan fingerprint density at radius 2 is 1.53 bits per heavy atom. The van der Waals surface area contributed by atoms with Crippen molar-refractivity contribution < 1.29 is 5.11 Å². The number of hydrogen-bond acceptors (Lipinski definition) is 2. The Balaban J connectivity index is 2.10. The number of anilines is 1. The normalized spacial score (nSPS) is 10.2. The molecule has 2 nitrogen and oxygen atoms in total. The standard InChI is InChI=1S/C15H17NO/c1-11-4-3-5-12(2)15(11)10-16-13-6-8-14(17)9-7-13/h3-9,16-17H,10H2,1-2H3. The van der Waals surface area contributed by atoms with Gasteiger partial charge in [0.2, 0.25) is 0 Å². The van der Waals surface area contributed by atoms with Gasteiger partial charge in [0.25, 0.3) is 0 Å². The number of aromatic hydroxyl groups is 1. The average molecular weight is 227 g/mol. The second-order valence-electron chi connectivity index (χ2n) is 4.27. The number of phenolic OH excluding ortho intramolecular Hbond substituents is 1. The van der Waals surface area contributed by atoms with Gasteiger partial charge in [0.1, 0.15) is 5.75 Å². The topological polar surface area (TPSA) is 32.3 Å². The lowest BCUT2D eigenvalue weighted by Crippen LogP contribution is -2.03. The predicted molar refractivity (Wildman–Crippen MR) is 71.3 cm³/mol. The van der Waals surface area contributed by atoms with E-state index in [0.717, 1.165) is 12.2 Å². The first-order valence-electron chi connectivity index (χ1n) is 5.75. The van der Waals surface area contributed by atoms with Crippen molar-refractivity contribution in [3.05, 3.63) is 59.2 Å². The van der Waals surface area contributed by atoms with Gasteiger partial charge in [-0.1, -0.05) is 18.2 Å². The molecule has 0 fully saturated rings. The van der Waals surface area contributed by atoms with Gasteiger partial charge in [0, 0.05) is 12.2 Å². The fourth-order valence-electron chi connectivity index (χ4n) is 1.90. The maximum Gasteiger partial charge on any atom is 0.115 e. The Morgan fingerprint density at radius 1 is 0.941 bits per heavy atom. The molecule has 2 heteroatoms. The van der Waals surface area contributed by atoms with Gasteiger partial charge in [0.05, 0.1) is 0 Å². The van der Waals surface area contributed by atoms with Crippen molar-refractivity contribution in [1.29, 1.82) is 0 Å². The van der Waals surface area contributed by atoms with Crippen molar-refractivity contribution in [1.82, 2.24) is 0 Å². The van der Waals surface area contributed by atoms with Gasteiger partial charge >= 0.3 is 0 Å². The van der Waals surface area contributed by atoms with Crippen molar-refractivity contribution >= 4 is 5.69 Å². The number of hydrogen-bond donors (Lipinski definition) is 2. The summed E-state index contributed by atoms with van der Waals surface area (Å²) in [4.78, 5) is 0. The molecule has 17 heavy (non-hydrogen) atoms. The number of aryl methyl sites for hydroxylation is 2. The summed E-state index contributed by atoms with van der Waals surface area (Å²) in [6, 6.07) is 13.5. The van der Waals surface area contributed by atoms with E-state index >= 15 is 0 Å². The minimum atomic E-state index is 0.294. The summed E-state index contributed by atoms with van der Waals surface area (Å²) in [5.74, 6) is 0.294. The van der Waals surface area contributed by atoms with Crippen LogP contribution in [0.4, 0.5) is 5.69 Å². The number of rotatable bonds is 3. The zero-order valence-corrected chi connectivity index (χ0v) is 10.2. The Hall–Kier alpha value is -1.96. The molecule has 0 unspecified atom stereocenters. The van der Waals surface area contributed by atoms with Crippen LogP contribution in [0.3, 0.4) is 0 Å². The molecule has 0 saturated carbocycles. The summed E-state index contributed by atoms with van der Waals surface area (Å²) in [7, 11) is 0. The summed E-state index contributed by atoms with van der Waals surface area (Å²) in [5.41, 5.74) is 4.96. The molecule has 0 aliphatic rings.